The fourth-order valence-electron chi connectivity index (χ4n) is 5.50. The standard InChI is InChI=1S/C20H32O2/c1-14-6-7-15-13-16(21)8-12-20(15,3)17(14)9-11-19(2)10-4-5-18(19)22/h7,14,16-17,21H,4-6,8-13H2,1-3H3/t14?,16-,17?,19+,20-/m0/s1. The second kappa shape index (κ2) is 5.78. The Kier molecular flexibility index (Phi) is 4.26. The quantitative estimate of drug-likeness (QED) is 0.770. The van der Waals surface area contributed by atoms with Gasteiger partial charge in [0, 0.05) is 11.8 Å². The Morgan fingerprint density at radius 2 is 2.09 bits per heavy atom. The number of hydrogen-bond acceptors (Lipinski definition) is 2. The van der Waals surface area contributed by atoms with Gasteiger partial charge in [0.15, 0.2) is 0 Å². The molecule has 3 aliphatic rings. The number of fused-ring (bicyclic) bond motifs is 1. The van der Waals surface area contributed by atoms with Crippen LogP contribution in [-0.4, -0.2) is 17.0 Å². The average molecular weight is 304 g/mol. The van der Waals surface area contributed by atoms with Gasteiger partial charge in [-0.1, -0.05) is 32.4 Å². The summed E-state index contributed by atoms with van der Waals surface area (Å²) in [5.74, 6) is 1.87. The minimum absolute atomic E-state index is 0.0500. The highest BCUT2D eigenvalue weighted by atomic mass is 16.3. The molecular formula is C20H32O2. The van der Waals surface area contributed by atoms with E-state index in [1.807, 2.05) is 0 Å². The van der Waals surface area contributed by atoms with Gasteiger partial charge in [0.1, 0.15) is 5.78 Å². The number of rotatable bonds is 3. The fourth-order valence-corrected chi connectivity index (χ4v) is 5.50. The number of ketones is 1. The minimum atomic E-state index is -0.137. The molecule has 0 aromatic heterocycles. The first kappa shape index (κ1) is 16.2. The van der Waals surface area contributed by atoms with Crippen LogP contribution in [0, 0.1) is 22.7 Å². The summed E-state index contributed by atoms with van der Waals surface area (Å²) in [5.41, 5.74) is 1.71. The van der Waals surface area contributed by atoms with Crippen molar-refractivity contribution in [1.82, 2.24) is 0 Å². The number of hydrogen-bond donors (Lipinski definition) is 1. The fraction of sp³-hybridized carbons (Fsp3) is 0.850. The molecule has 124 valence electrons. The van der Waals surface area contributed by atoms with Gasteiger partial charge in [-0.15, -0.1) is 0 Å². The Labute approximate surface area is 135 Å². The summed E-state index contributed by atoms with van der Waals surface area (Å²) in [6.45, 7) is 7.00. The Morgan fingerprint density at radius 3 is 2.77 bits per heavy atom. The van der Waals surface area contributed by atoms with Crippen molar-refractivity contribution in [1.29, 1.82) is 0 Å². The maximum absolute atomic E-state index is 12.2. The van der Waals surface area contributed by atoms with Crippen LogP contribution >= 0.6 is 0 Å². The molecule has 1 N–H and O–H groups in total. The smallest absolute Gasteiger partial charge is 0.138 e. The lowest BCUT2D eigenvalue weighted by Gasteiger charge is -2.50. The van der Waals surface area contributed by atoms with Crippen LogP contribution in [0.5, 0.6) is 0 Å². The van der Waals surface area contributed by atoms with Crippen LogP contribution in [-0.2, 0) is 4.79 Å². The summed E-state index contributed by atoms with van der Waals surface area (Å²) >= 11 is 0. The van der Waals surface area contributed by atoms with Gasteiger partial charge in [-0.2, -0.15) is 0 Å². The van der Waals surface area contributed by atoms with Gasteiger partial charge in [-0.05, 0) is 68.6 Å². The van der Waals surface area contributed by atoms with Gasteiger partial charge in [-0.25, -0.2) is 0 Å². The Morgan fingerprint density at radius 1 is 1.32 bits per heavy atom. The van der Waals surface area contributed by atoms with Crippen LogP contribution in [0.25, 0.3) is 0 Å². The predicted octanol–water partition coefficient (Wildman–Crippen LogP) is 4.66. The summed E-state index contributed by atoms with van der Waals surface area (Å²) in [7, 11) is 0. The lowest BCUT2D eigenvalue weighted by atomic mass is 9.55. The van der Waals surface area contributed by atoms with Gasteiger partial charge in [0.05, 0.1) is 6.10 Å². The van der Waals surface area contributed by atoms with Gasteiger partial charge >= 0.3 is 0 Å². The van der Waals surface area contributed by atoms with E-state index < -0.39 is 0 Å². The normalized spacial score (nSPS) is 45.5. The molecule has 0 aromatic rings. The van der Waals surface area contributed by atoms with Crippen molar-refractivity contribution < 1.29 is 9.90 Å². The summed E-state index contributed by atoms with van der Waals surface area (Å²) in [4.78, 5) is 12.2. The lowest BCUT2D eigenvalue weighted by molar-refractivity contribution is -0.125. The molecule has 0 amide bonds. The third-order valence-corrected chi connectivity index (χ3v) is 7.24. The van der Waals surface area contributed by atoms with Crippen molar-refractivity contribution in [2.45, 2.75) is 84.7 Å². The van der Waals surface area contributed by atoms with E-state index in [0.29, 0.717) is 17.6 Å². The van der Waals surface area contributed by atoms with Gasteiger partial charge in [0.2, 0.25) is 0 Å². The number of aliphatic hydroxyl groups excluding tert-OH is 1. The highest BCUT2D eigenvalue weighted by molar-refractivity contribution is 5.86. The van der Waals surface area contributed by atoms with Gasteiger partial charge < -0.3 is 5.11 Å². The highest BCUT2D eigenvalue weighted by Gasteiger charge is 2.46. The van der Waals surface area contributed by atoms with Gasteiger partial charge in [-0.3, -0.25) is 4.79 Å². The second-order valence-corrected chi connectivity index (χ2v) is 8.74. The molecule has 2 fully saturated rings. The monoisotopic (exact) mass is 304 g/mol. The molecule has 3 rings (SSSR count). The molecule has 0 saturated heterocycles. The van der Waals surface area contributed by atoms with E-state index in [9.17, 15) is 9.90 Å². The van der Waals surface area contributed by atoms with Crippen LogP contribution < -0.4 is 0 Å². The zero-order valence-electron chi connectivity index (χ0n) is 14.5. The first-order chi connectivity index (χ1) is 10.3. The molecule has 0 radical (unpaired) electrons. The van der Waals surface area contributed by atoms with Crippen molar-refractivity contribution >= 4 is 5.78 Å². The Hall–Kier alpha value is -0.630. The molecule has 2 nitrogen and oxygen atoms in total. The van der Waals surface area contributed by atoms with Crippen molar-refractivity contribution in [2.24, 2.45) is 22.7 Å². The van der Waals surface area contributed by atoms with E-state index >= 15 is 0 Å². The summed E-state index contributed by atoms with van der Waals surface area (Å²) < 4.78 is 0. The molecule has 0 aromatic carbocycles. The molecule has 22 heavy (non-hydrogen) atoms. The topological polar surface area (TPSA) is 37.3 Å². The lowest BCUT2D eigenvalue weighted by Crippen LogP contribution is -2.42. The van der Waals surface area contributed by atoms with Crippen LogP contribution in [0.2, 0.25) is 0 Å². The Bertz CT molecular complexity index is 480. The maximum atomic E-state index is 12.2. The summed E-state index contributed by atoms with van der Waals surface area (Å²) in [6.07, 6.45) is 11.5. The second-order valence-electron chi connectivity index (χ2n) is 8.74. The third-order valence-electron chi connectivity index (χ3n) is 7.24. The average Bonchev–Trinajstić information content (AvgIpc) is 2.79. The highest BCUT2D eigenvalue weighted by Crippen LogP contribution is 2.55. The molecule has 0 bridgehead atoms. The summed E-state index contributed by atoms with van der Waals surface area (Å²) in [5, 5.41) is 10.0. The van der Waals surface area contributed by atoms with Crippen LogP contribution in [0.15, 0.2) is 11.6 Å². The van der Waals surface area contributed by atoms with E-state index in [1.165, 1.54) is 12.0 Å². The van der Waals surface area contributed by atoms with Gasteiger partial charge in [0.25, 0.3) is 0 Å². The predicted molar refractivity (Wildman–Crippen MR) is 89.5 cm³/mol. The SMILES string of the molecule is CC1CC=C2C[C@@H](O)CC[C@]2(C)C1CC[C@@]1(C)CCCC1=O. The van der Waals surface area contributed by atoms with Crippen molar-refractivity contribution in [2.75, 3.05) is 0 Å². The van der Waals surface area contributed by atoms with Crippen LogP contribution in [0.1, 0.15) is 78.6 Å². The van der Waals surface area contributed by atoms with Crippen molar-refractivity contribution in [3.8, 4) is 0 Å². The van der Waals surface area contributed by atoms with E-state index in [-0.39, 0.29) is 16.9 Å². The molecule has 0 heterocycles. The first-order valence-electron chi connectivity index (χ1n) is 9.26. The van der Waals surface area contributed by atoms with E-state index in [4.69, 9.17) is 0 Å². The molecule has 0 spiro atoms. The first-order valence-corrected chi connectivity index (χ1v) is 9.26. The molecule has 0 aliphatic heterocycles. The van der Waals surface area contributed by atoms with E-state index in [0.717, 1.165) is 51.4 Å². The number of allylic oxidation sites excluding steroid dienone is 1. The number of aliphatic hydroxyl groups is 1. The molecule has 2 unspecified atom stereocenters. The number of carbonyl (C=O) groups excluding carboxylic acids is 1. The maximum Gasteiger partial charge on any atom is 0.138 e. The molecule has 2 saturated carbocycles. The van der Waals surface area contributed by atoms with E-state index in [1.54, 1.807) is 0 Å². The zero-order valence-corrected chi connectivity index (χ0v) is 14.5. The van der Waals surface area contributed by atoms with E-state index in [2.05, 4.69) is 26.8 Å². The van der Waals surface area contributed by atoms with Crippen LogP contribution in [0.3, 0.4) is 0 Å². The molecule has 2 heteroatoms. The van der Waals surface area contributed by atoms with Crippen molar-refractivity contribution in [3.05, 3.63) is 11.6 Å². The van der Waals surface area contributed by atoms with Crippen molar-refractivity contribution in [3.63, 3.8) is 0 Å². The zero-order chi connectivity index (χ0) is 16.0. The van der Waals surface area contributed by atoms with Crippen LogP contribution in [0.4, 0.5) is 0 Å². The number of Topliss-reactive ketones (excluding diaryl/α,β-unsaturated/α-hetero) is 1. The molecule has 3 aliphatic carbocycles. The molecule has 5 atom stereocenters. The summed E-state index contributed by atoms with van der Waals surface area (Å²) in [6, 6.07) is 0. The molecular weight excluding hydrogens is 272 g/mol. The number of carbonyl (C=O) groups is 1. The Balaban J connectivity index is 1.74. The minimum Gasteiger partial charge on any atom is -0.393 e. The largest absolute Gasteiger partial charge is 0.393 e. The third kappa shape index (κ3) is 2.68.